The molecule has 0 radical (unpaired) electrons. The molecule has 0 aromatic heterocycles. The maximum atomic E-state index is 6.14. The van der Waals surface area contributed by atoms with E-state index < -0.39 is 0 Å². The molecule has 0 aliphatic heterocycles. The van der Waals surface area contributed by atoms with Gasteiger partial charge in [0.1, 0.15) is 5.75 Å². The molecule has 4 heteroatoms. The van der Waals surface area contributed by atoms with Gasteiger partial charge in [0.15, 0.2) is 0 Å². The maximum absolute atomic E-state index is 6.14. The van der Waals surface area contributed by atoms with Gasteiger partial charge in [0, 0.05) is 25.8 Å². The van der Waals surface area contributed by atoms with E-state index >= 15 is 0 Å². The zero-order valence-corrected chi connectivity index (χ0v) is 11.4. The third kappa shape index (κ3) is 4.94. The van der Waals surface area contributed by atoms with E-state index in [1.54, 1.807) is 7.11 Å². The van der Waals surface area contributed by atoms with E-state index in [0.717, 1.165) is 24.4 Å². The van der Waals surface area contributed by atoms with Gasteiger partial charge in [-0.1, -0.05) is 23.7 Å². The lowest BCUT2D eigenvalue weighted by atomic mass is 10.2. The normalized spacial score (nSPS) is 10.9. The van der Waals surface area contributed by atoms with Gasteiger partial charge in [-0.25, -0.2) is 0 Å². The minimum absolute atomic E-state index is 0.118. The van der Waals surface area contributed by atoms with Gasteiger partial charge in [0.25, 0.3) is 0 Å². The van der Waals surface area contributed by atoms with Gasteiger partial charge in [0.2, 0.25) is 0 Å². The molecule has 0 saturated carbocycles. The number of benzene rings is 1. The Hall–Kier alpha value is -0.770. The Bertz CT molecular complexity index is 342. The minimum atomic E-state index is 0.118. The van der Waals surface area contributed by atoms with Gasteiger partial charge < -0.3 is 14.8 Å². The second-order valence-corrected chi connectivity index (χ2v) is 4.47. The van der Waals surface area contributed by atoms with Crippen molar-refractivity contribution in [3.05, 3.63) is 28.8 Å². The minimum Gasteiger partial charge on any atom is -0.489 e. The highest BCUT2D eigenvalue weighted by molar-refractivity contribution is 6.32. The summed E-state index contributed by atoms with van der Waals surface area (Å²) in [6.45, 7) is 6.22. The largest absolute Gasteiger partial charge is 0.489 e. The van der Waals surface area contributed by atoms with Gasteiger partial charge in [-0.2, -0.15) is 0 Å². The highest BCUT2D eigenvalue weighted by Gasteiger charge is 2.09. The number of para-hydroxylation sites is 1. The summed E-state index contributed by atoms with van der Waals surface area (Å²) in [5, 5.41) is 3.94. The van der Waals surface area contributed by atoms with Crippen LogP contribution in [0, 0.1) is 0 Å². The second kappa shape index (κ2) is 7.54. The molecule has 0 saturated heterocycles. The SMILES string of the molecule is COCCNCc1cccc(Cl)c1OC(C)C. The Morgan fingerprint density at radius 3 is 2.76 bits per heavy atom. The molecule has 0 amide bonds. The fraction of sp³-hybridized carbons (Fsp3) is 0.538. The molecule has 0 bridgehead atoms. The van der Waals surface area contributed by atoms with E-state index in [4.69, 9.17) is 21.1 Å². The third-order valence-corrected chi connectivity index (χ3v) is 2.50. The molecular formula is C13H20ClNO2. The average molecular weight is 258 g/mol. The third-order valence-electron chi connectivity index (χ3n) is 2.20. The van der Waals surface area contributed by atoms with Crippen molar-refractivity contribution < 1.29 is 9.47 Å². The monoisotopic (exact) mass is 257 g/mol. The van der Waals surface area contributed by atoms with Crippen LogP contribution in [0.15, 0.2) is 18.2 Å². The number of methoxy groups -OCH3 is 1. The summed E-state index contributed by atoms with van der Waals surface area (Å²) in [5.41, 5.74) is 1.07. The summed E-state index contributed by atoms with van der Waals surface area (Å²) >= 11 is 6.14. The zero-order chi connectivity index (χ0) is 12.7. The molecule has 0 atom stereocenters. The molecule has 0 heterocycles. The van der Waals surface area contributed by atoms with E-state index in [0.29, 0.717) is 11.6 Å². The number of hydrogen-bond acceptors (Lipinski definition) is 3. The van der Waals surface area contributed by atoms with Crippen LogP contribution in [-0.4, -0.2) is 26.4 Å². The van der Waals surface area contributed by atoms with Gasteiger partial charge >= 0.3 is 0 Å². The number of halogens is 1. The van der Waals surface area contributed by atoms with Crippen molar-refractivity contribution in [2.45, 2.75) is 26.5 Å². The summed E-state index contributed by atoms with van der Waals surface area (Å²) in [4.78, 5) is 0. The first-order chi connectivity index (χ1) is 8.15. The smallest absolute Gasteiger partial charge is 0.142 e. The van der Waals surface area contributed by atoms with Crippen LogP contribution in [0.4, 0.5) is 0 Å². The molecule has 1 aromatic rings. The van der Waals surface area contributed by atoms with E-state index in [9.17, 15) is 0 Å². The van der Waals surface area contributed by atoms with Crippen molar-refractivity contribution in [2.75, 3.05) is 20.3 Å². The summed E-state index contributed by atoms with van der Waals surface area (Å²) in [6.07, 6.45) is 0.118. The van der Waals surface area contributed by atoms with Crippen LogP contribution in [0.2, 0.25) is 5.02 Å². The number of ether oxygens (including phenoxy) is 2. The molecule has 3 nitrogen and oxygen atoms in total. The second-order valence-electron chi connectivity index (χ2n) is 4.06. The fourth-order valence-electron chi connectivity index (χ4n) is 1.46. The molecule has 1 rings (SSSR count). The topological polar surface area (TPSA) is 30.5 Å². The molecule has 0 aliphatic carbocycles. The quantitative estimate of drug-likeness (QED) is 0.762. The number of nitrogens with one attached hydrogen (secondary N) is 1. The average Bonchev–Trinajstić information content (AvgIpc) is 2.28. The lowest BCUT2D eigenvalue weighted by molar-refractivity contribution is 0.198. The summed E-state index contributed by atoms with van der Waals surface area (Å²) in [7, 11) is 1.69. The van der Waals surface area contributed by atoms with Gasteiger partial charge in [-0.05, 0) is 19.9 Å². The van der Waals surface area contributed by atoms with Crippen LogP contribution in [-0.2, 0) is 11.3 Å². The highest BCUT2D eigenvalue weighted by Crippen LogP contribution is 2.29. The molecule has 0 unspecified atom stereocenters. The first-order valence-corrected chi connectivity index (χ1v) is 6.16. The molecular weight excluding hydrogens is 238 g/mol. The fourth-order valence-corrected chi connectivity index (χ4v) is 1.70. The summed E-state index contributed by atoms with van der Waals surface area (Å²) < 4.78 is 10.7. The molecule has 1 N–H and O–H groups in total. The summed E-state index contributed by atoms with van der Waals surface area (Å²) in [5.74, 6) is 0.772. The van der Waals surface area contributed by atoms with Crippen molar-refractivity contribution in [1.29, 1.82) is 0 Å². The molecule has 1 aromatic carbocycles. The number of rotatable bonds is 7. The Balaban J connectivity index is 2.66. The van der Waals surface area contributed by atoms with Crippen LogP contribution in [0.5, 0.6) is 5.75 Å². The predicted octanol–water partition coefficient (Wildman–Crippen LogP) is 2.86. The lowest BCUT2D eigenvalue weighted by Gasteiger charge is -2.16. The van der Waals surface area contributed by atoms with Crippen molar-refractivity contribution >= 4 is 11.6 Å². The Kier molecular flexibility index (Phi) is 6.34. The van der Waals surface area contributed by atoms with Crippen molar-refractivity contribution in [3.8, 4) is 5.75 Å². The molecule has 0 fully saturated rings. The first kappa shape index (κ1) is 14.3. The maximum Gasteiger partial charge on any atom is 0.142 e. The molecule has 96 valence electrons. The lowest BCUT2D eigenvalue weighted by Crippen LogP contribution is -2.19. The molecule has 0 aliphatic rings. The first-order valence-electron chi connectivity index (χ1n) is 5.79. The van der Waals surface area contributed by atoms with E-state index in [1.807, 2.05) is 32.0 Å². The van der Waals surface area contributed by atoms with Crippen LogP contribution in [0.3, 0.4) is 0 Å². The molecule has 17 heavy (non-hydrogen) atoms. The van der Waals surface area contributed by atoms with Crippen LogP contribution in [0.1, 0.15) is 19.4 Å². The predicted molar refractivity (Wildman–Crippen MR) is 70.8 cm³/mol. The van der Waals surface area contributed by atoms with Gasteiger partial charge in [-0.15, -0.1) is 0 Å². The van der Waals surface area contributed by atoms with Crippen molar-refractivity contribution in [2.24, 2.45) is 0 Å². The number of hydrogen-bond donors (Lipinski definition) is 1. The highest BCUT2D eigenvalue weighted by atomic mass is 35.5. The van der Waals surface area contributed by atoms with Crippen LogP contribution < -0.4 is 10.1 Å². The van der Waals surface area contributed by atoms with E-state index in [2.05, 4.69) is 5.32 Å². The summed E-state index contributed by atoms with van der Waals surface area (Å²) in [6, 6.07) is 5.80. The van der Waals surface area contributed by atoms with Gasteiger partial charge in [0.05, 0.1) is 17.7 Å². The van der Waals surface area contributed by atoms with E-state index in [-0.39, 0.29) is 6.10 Å². The molecule has 0 spiro atoms. The Morgan fingerprint density at radius 2 is 2.12 bits per heavy atom. The van der Waals surface area contributed by atoms with Crippen molar-refractivity contribution in [3.63, 3.8) is 0 Å². The standard InChI is InChI=1S/C13H20ClNO2/c1-10(2)17-13-11(5-4-6-12(13)14)9-15-7-8-16-3/h4-6,10,15H,7-9H2,1-3H3. The Labute approximate surface area is 108 Å². The van der Waals surface area contributed by atoms with Crippen LogP contribution in [0.25, 0.3) is 0 Å². The van der Waals surface area contributed by atoms with E-state index in [1.165, 1.54) is 0 Å². The Morgan fingerprint density at radius 1 is 1.35 bits per heavy atom. The zero-order valence-electron chi connectivity index (χ0n) is 10.6. The van der Waals surface area contributed by atoms with Gasteiger partial charge in [-0.3, -0.25) is 0 Å². The van der Waals surface area contributed by atoms with Crippen molar-refractivity contribution in [1.82, 2.24) is 5.32 Å². The van der Waals surface area contributed by atoms with Crippen LogP contribution >= 0.6 is 11.6 Å².